The van der Waals surface area contributed by atoms with Crippen LogP contribution in [0.3, 0.4) is 0 Å². The van der Waals surface area contributed by atoms with Gasteiger partial charge in [-0.2, -0.15) is 0 Å². The Morgan fingerprint density at radius 2 is 2.29 bits per heavy atom. The van der Waals surface area contributed by atoms with Crippen molar-refractivity contribution < 1.29 is 4.79 Å². The Kier molecular flexibility index (Phi) is 4.48. The summed E-state index contributed by atoms with van der Waals surface area (Å²) < 4.78 is 0. The minimum atomic E-state index is 0.157. The van der Waals surface area contributed by atoms with Crippen molar-refractivity contribution in [2.24, 2.45) is 0 Å². The van der Waals surface area contributed by atoms with E-state index >= 15 is 0 Å². The average Bonchev–Trinajstić information content (AvgIpc) is 2.78. The highest BCUT2D eigenvalue weighted by Gasteiger charge is 2.25. The molecule has 2 rings (SSSR count). The number of thiophene rings is 1. The zero-order valence-electron chi connectivity index (χ0n) is 9.98. The van der Waals surface area contributed by atoms with Crippen molar-refractivity contribution in [2.45, 2.75) is 30.7 Å². The number of nitrogens with one attached hydrogen (secondary N) is 1. The largest absolute Gasteiger partial charge is 0.335 e. The molecule has 0 bridgehead atoms. The van der Waals surface area contributed by atoms with Crippen LogP contribution >= 0.6 is 24.0 Å². The maximum atomic E-state index is 12.4. The molecule has 0 spiro atoms. The maximum absolute atomic E-state index is 12.4. The van der Waals surface area contributed by atoms with Crippen molar-refractivity contribution >= 4 is 29.9 Å². The summed E-state index contributed by atoms with van der Waals surface area (Å²) in [6, 6.07) is 2.25. The molecule has 1 aliphatic rings. The van der Waals surface area contributed by atoms with Crippen LogP contribution in [0.15, 0.2) is 16.3 Å². The zero-order valence-corrected chi connectivity index (χ0v) is 11.7. The van der Waals surface area contributed by atoms with Crippen molar-refractivity contribution in [3.8, 4) is 0 Å². The van der Waals surface area contributed by atoms with E-state index in [1.165, 1.54) is 11.3 Å². The lowest BCUT2D eigenvalue weighted by molar-refractivity contribution is 0.0661. The Morgan fingerprint density at radius 3 is 2.82 bits per heavy atom. The lowest BCUT2D eigenvalue weighted by Gasteiger charge is -2.33. The summed E-state index contributed by atoms with van der Waals surface area (Å²) >= 11 is 5.74. The van der Waals surface area contributed by atoms with Crippen LogP contribution in [0.5, 0.6) is 0 Å². The summed E-state index contributed by atoms with van der Waals surface area (Å²) in [6.07, 6.45) is 2.11. The molecule has 1 aliphatic heterocycles. The molecule has 0 saturated carbocycles. The predicted molar refractivity (Wildman–Crippen MR) is 74.2 cm³/mol. The van der Waals surface area contributed by atoms with Gasteiger partial charge in [0.25, 0.3) is 5.91 Å². The fourth-order valence-electron chi connectivity index (χ4n) is 2.27. The smallest absolute Gasteiger partial charge is 0.264 e. The normalized spacial score (nSPS) is 17.1. The van der Waals surface area contributed by atoms with Gasteiger partial charge in [-0.3, -0.25) is 4.79 Å². The molecule has 1 saturated heterocycles. The van der Waals surface area contributed by atoms with E-state index in [-0.39, 0.29) is 5.91 Å². The standard InChI is InChI=1S/C12H18N2OS2/c1-2-14(9-3-5-13-6-4-9)12(15)11-7-10(16)8-17-11/h7-9,13,16H,2-6H2,1H3. The van der Waals surface area contributed by atoms with E-state index < -0.39 is 0 Å². The number of nitrogens with zero attached hydrogens (tertiary/aromatic N) is 1. The SMILES string of the molecule is CCN(C(=O)c1cc(S)cs1)C1CCNCC1. The number of carbonyl (C=O) groups excluding carboxylic acids is 1. The fraction of sp³-hybridized carbons (Fsp3) is 0.583. The van der Waals surface area contributed by atoms with Gasteiger partial charge in [0.15, 0.2) is 0 Å². The number of piperidine rings is 1. The average molecular weight is 270 g/mol. The Labute approximate surface area is 112 Å². The molecule has 0 aromatic carbocycles. The number of amides is 1. The highest BCUT2D eigenvalue weighted by molar-refractivity contribution is 7.80. The van der Waals surface area contributed by atoms with Crippen molar-refractivity contribution in [1.82, 2.24) is 10.2 Å². The summed E-state index contributed by atoms with van der Waals surface area (Å²) in [5.74, 6) is 0.157. The number of hydrogen-bond donors (Lipinski definition) is 2. The molecule has 0 atom stereocenters. The van der Waals surface area contributed by atoms with Crippen LogP contribution in [0.25, 0.3) is 0 Å². The highest BCUT2D eigenvalue weighted by atomic mass is 32.1. The van der Waals surface area contributed by atoms with Crippen LogP contribution < -0.4 is 5.32 Å². The molecule has 1 aromatic heterocycles. The van der Waals surface area contributed by atoms with Gasteiger partial charge >= 0.3 is 0 Å². The molecule has 0 aliphatic carbocycles. The molecule has 1 amide bonds. The van der Waals surface area contributed by atoms with Crippen molar-refractivity contribution in [3.05, 3.63) is 16.3 Å². The predicted octanol–water partition coefficient (Wildman–Crippen LogP) is 2.25. The van der Waals surface area contributed by atoms with Gasteiger partial charge in [0.05, 0.1) is 4.88 Å². The second-order valence-electron chi connectivity index (χ2n) is 4.24. The molecular weight excluding hydrogens is 252 g/mol. The van der Waals surface area contributed by atoms with Gasteiger partial charge in [0.2, 0.25) is 0 Å². The molecule has 1 fully saturated rings. The van der Waals surface area contributed by atoms with Gasteiger partial charge in [-0.1, -0.05) is 0 Å². The van der Waals surface area contributed by atoms with Crippen LogP contribution in [0.4, 0.5) is 0 Å². The fourth-order valence-corrected chi connectivity index (χ4v) is 3.37. The second-order valence-corrected chi connectivity index (χ2v) is 5.67. The van der Waals surface area contributed by atoms with Crippen molar-refractivity contribution in [2.75, 3.05) is 19.6 Å². The molecule has 0 unspecified atom stereocenters. The molecule has 17 heavy (non-hydrogen) atoms. The summed E-state index contributed by atoms with van der Waals surface area (Å²) in [5, 5.41) is 5.24. The third-order valence-electron chi connectivity index (χ3n) is 3.15. The van der Waals surface area contributed by atoms with Crippen LogP contribution in [0.1, 0.15) is 29.4 Å². The van der Waals surface area contributed by atoms with Crippen LogP contribution in [0, 0.1) is 0 Å². The lowest BCUT2D eigenvalue weighted by atomic mass is 10.0. The second kappa shape index (κ2) is 5.89. The molecule has 94 valence electrons. The number of thiol groups is 1. The highest BCUT2D eigenvalue weighted by Crippen LogP contribution is 2.22. The van der Waals surface area contributed by atoms with Crippen molar-refractivity contribution in [1.29, 1.82) is 0 Å². The lowest BCUT2D eigenvalue weighted by Crippen LogP contribution is -2.45. The molecule has 5 heteroatoms. The summed E-state index contributed by atoms with van der Waals surface area (Å²) in [5.41, 5.74) is 0. The van der Waals surface area contributed by atoms with E-state index in [0.717, 1.165) is 42.2 Å². The van der Waals surface area contributed by atoms with Crippen LogP contribution in [-0.2, 0) is 0 Å². The minimum Gasteiger partial charge on any atom is -0.335 e. The molecule has 2 heterocycles. The molecule has 1 aromatic rings. The van der Waals surface area contributed by atoms with E-state index in [2.05, 4.69) is 24.9 Å². The molecule has 1 N–H and O–H groups in total. The first-order valence-electron chi connectivity index (χ1n) is 6.01. The van der Waals surface area contributed by atoms with Gasteiger partial charge in [-0.25, -0.2) is 0 Å². The van der Waals surface area contributed by atoms with Crippen LogP contribution in [-0.4, -0.2) is 36.5 Å². The number of hydrogen-bond acceptors (Lipinski definition) is 4. The van der Waals surface area contributed by atoms with E-state index in [1.54, 1.807) is 0 Å². The number of carbonyl (C=O) groups is 1. The molecule has 0 radical (unpaired) electrons. The summed E-state index contributed by atoms with van der Waals surface area (Å²) in [4.78, 5) is 16.0. The monoisotopic (exact) mass is 270 g/mol. The summed E-state index contributed by atoms with van der Waals surface area (Å²) in [6.45, 7) is 4.85. The van der Waals surface area contributed by atoms with Gasteiger partial charge in [0, 0.05) is 22.9 Å². The first-order chi connectivity index (χ1) is 8.22. The quantitative estimate of drug-likeness (QED) is 0.826. The van der Waals surface area contributed by atoms with Crippen LogP contribution in [0.2, 0.25) is 0 Å². The van der Waals surface area contributed by atoms with E-state index in [0.29, 0.717) is 6.04 Å². The zero-order chi connectivity index (χ0) is 12.3. The third kappa shape index (κ3) is 3.03. The van der Waals surface area contributed by atoms with E-state index in [1.807, 2.05) is 16.3 Å². The van der Waals surface area contributed by atoms with Gasteiger partial charge in [-0.05, 0) is 38.9 Å². The van der Waals surface area contributed by atoms with Gasteiger partial charge in [-0.15, -0.1) is 24.0 Å². The maximum Gasteiger partial charge on any atom is 0.264 e. The van der Waals surface area contributed by atoms with E-state index in [4.69, 9.17) is 0 Å². The third-order valence-corrected chi connectivity index (χ3v) is 4.50. The van der Waals surface area contributed by atoms with E-state index in [9.17, 15) is 4.79 Å². The first-order valence-corrected chi connectivity index (χ1v) is 7.34. The van der Waals surface area contributed by atoms with Gasteiger partial charge in [0.1, 0.15) is 0 Å². The minimum absolute atomic E-state index is 0.157. The summed E-state index contributed by atoms with van der Waals surface area (Å²) in [7, 11) is 0. The topological polar surface area (TPSA) is 32.3 Å². The number of rotatable bonds is 3. The molecule has 3 nitrogen and oxygen atoms in total. The Morgan fingerprint density at radius 1 is 1.59 bits per heavy atom. The first kappa shape index (κ1) is 12.9. The molecular formula is C12H18N2OS2. The van der Waals surface area contributed by atoms with Crippen molar-refractivity contribution in [3.63, 3.8) is 0 Å². The Hall–Kier alpha value is -0.520. The Bertz CT molecular complexity index is 386. The Balaban J connectivity index is 2.09. The van der Waals surface area contributed by atoms with Gasteiger partial charge < -0.3 is 10.2 Å².